The summed E-state index contributed by atoms with van der Waals surface area (Å²) in [6, 6.07) is 18.2. The molecular weight excluding hydrogens is 354 g/mol. The van der Waals surface area contributed by atoms with Gasteiger partial charge in [-0.1, -0.05) is 30.3 Å². The number of nitrogens with zero attached hydrogens (tertiary/aromatic N) is 3. The molecule has 3 rings (SSSR count). The van der Waals surface area contributed by atoms with E-state index in [9.17, 15) is 9.59 Å². The van der Waals surface area contributed by atoms with E-state index in [2.05, 4.69) is 21.6 Å². The highest BCUT2D eigenvalue weighted by Gasteiger charge is 2.20. The molecule has 2 N–H and O–H groups in total. The minimum absolute atomic E-state index is 0.201. The van der Waals surface area contributed by atoms with E-state index >= 15 is 0 Å². The number of piperazine rings is 1. The number of imide groups is 1. The van der Waals surface area contributed by atoms with E-state index in [1.807, 2.05) is 47.4 Å². The van der Waals surface area contributed by atoms with Crippen LogP contribution in [0.5, 0.6) is 0 Å². The van der Waals surface area contributed by atoms with Crippen molar-refractivity contribution in [1.82, 2.24) is 15.1 Å². The van der Waals surface area contributed by atoms with Gasteiger partial charge in [0, 0.05) is 38.4 Å². The summed E-state index contributed by atoms with van der Waals surface area (Å²) in [5, 5.41) is 13.9. The lowest BCUT2D eigenvalue weighted by Gasteiger charge is -2.34. The van der Waals surface area contributed by atoms with Crippen molar-refractivity contribution < 1.29 is 9.59 Å². The first-order valence-corrected chi connectivity index (χ1v) is 9.22. The van der Waals surface area contributed by atoms with Crippen LogP contribution >= 0.6 is 0 Å². The van der Waals surface area contributed by atoms with E-state index in [1.165, 1.54) is 5.56 Å². The lowest BCUT2D eigenvalue weighted by Crippen LogP contribution is -2.50. The van der Waals surface area contributed by atoms with E-state index in [4.69, 9.17) is 5.26 Å². The van der Waals surface area contributed by atoms with Crippen LogP contribution in [-0.2, 0) is 11.3 Å². The number of para-hydroxylation sites is 1. The van der Waals surface area contributed by atoms with Crippen LogP contribution in [-0.4, -0.2) is 54.5 Å². The zero-order chi connectivity index (χ0) is 19.8. The predicted molar refractivity (Wildman–Crippen MR) is 106 cm³/mol. The highest BCUT2D eigenvalue weighted by molar-refractivity contribution is 6.01. The fourth-order valence-corrected chi connectivity index (χ4v) is 3.10. The number of amides is 3. The SMILES string of the molecule is N#Cc1ccc(CN2CCN(CC(=O)NC(=O)Nc3ccccc3)CC2)cc1. The molecule has 1 aliphatic heterocycles. The third-order valence-electron chi connectivity index (χ3n) is 4.61. The Hall–Kier alpha value is -3.21. The Labute approximate surface area is 164 Å². The van der Waals surface area contributed by atoms with Gasteiger partial charge in [-0.2, -0.15) is 5.26 Å². The first-order valence-electron chi connectivity index (χ1n) is 9.22. The smallest absolute Gasteiger partial charge is 0.308 e. The van der Waals surface area contributed by atoms with Gasteiger partial charge in [0.1, 0.15) is 0 Å². The fraction of sp³-hybridized carbons (Fsp3) is 0.286. The van der Waals surface area contributed by atoms with E-state index in [1.54, 1.807) is 12.1 Å². The molecule has 1 fully saturated rings. The average Bonchev–Trinajstić information content (AvgIpc) is 2.70. The summed E-state index contributed by atoms with van der Waals surface area (Å²) >= 11 is 0. The van der Waals surface area contributed by atoms with Gasteiger partial charge >= 0.3 is 6.03 Å². The monoisotopic (exact) mass is 377 g/mol. The number of nitriles is 1. The second kappa shape index (κ2) is 9.65. The van der Waals surface area contributed by atoms with E-state index in [-0.39, 0.29) is 12.5 Å². The van der Waals surface area contributed by atoms with Crippen molar-refractivity contribution in [2.45, 2.75) is 6.54 Å². The Bertz CT molecular complexity index is 837. The minimum Gasteiger partial charge on any atom is -0.308 e. The maximum atomic E-state index is 12.1. The van der Waals surface area contributed by atoms with Crippen LogP contribution in [0.25, 0.3) is 0 Å². The molecule has 0 aromatic heterocycles. The molecule has 0 radical (unpaired) electrons. The second-order valence-corrected chi connectivity index (χ2v) is 6.73. The molecule has 0 spiro atoms. The van der Waals surface area contributed by atoms with Crippen LogP contribution in [0.2, 0.25) is 0 Å². The number of hydrogen-bond acceptors (Lipinski definition) is 5. The zero-order valence-electron chi connectivity index (χ0n) is 15.6. The summed E-state index contributed by atoms with van der Waals surface area (Å²) in [4.78, 5) is 28.3. The summed E-state index contributed by atoms with van der Waals surface area (Å²) in [7, 11) is 0. The first kappa shape index (κ1) is 19.5. The molecule has 1 heterocycles. The molecule has 0 atom stereocenters. The molecule has 0 unspecified atom stereocenters. The number of carbonyl (C=O) groups excluding carboxylic acids is 2. The third kappa shape index (κ3) is 5.91. The van der Waals surface area contributed by atoms with Crippen LogP contribution in [0.4, 0.5) is 10.5 Å². The zero-order valence-corrected chi connectivity index (χ0v) is 15.6. The molecule has 2 aromatic carbocycles. The predicted octanol–water partition coefficient (Wildman–Crippen LogP) is 2.02. The van der Waals surface area contributed by atoms with Crippen molar-refractivity contribution >= 4 is 17.6 Å². The third-order valence-corrected chi connectivity index (χ3v) is 4.61. The fourth-order valence-electron chi connectivity index (χ4n) is 3.10. The molecule has 7 heteroatoms. The maximum absolute atomic E-state index is 12.1. The Morgan fingerprint density at radius 2 is 1.57 bits per heavy atom. The van der Waals surface area contributed by atoms with Gasteiger partial charge in [-0.05, 0) is 29.8 Å². The molecule has 28 heavy (non-hydrogen) atoms. The minimum atomic E-state index is -0.518. The average molecular weight is 377 g/mol. The van der Waals surface area contributed by atoms with Crippen molar-refractivity contribution in [2.75, 3.05) is 38.0 Å². The van der Waals surface area contributed by atoms with Gasteiger partial charge in [-0.25, -0.2) is 4.79 Å². The standard InChI is InChI=1S/C21H23N5O2/c22-14-17-6-8-18(9-7-17)15-25-10-12-26(13-11-25)16-20(27)24-21(28)23-19-4-2-1-3-5-19/h1-9H,10-13,15-16H2,(H2,23,24,27,28). The van der Waals surface area contributed by atoms with E-state index in [0.717, 1.165) is 32.7 Å². The Morgan fingerprint density at radius 1 is 0.929 bits per heavy atom. The van der Waals surface area contributed by atoms with E-state index in [0.29, 0.717) is 11.3 Å². The number of nitrogens with one attached hydrogen (secondary N) is 2. The summed E-state index contributed by atoms with van der Waals surface area (Å²) in [5.41, 5.74) is 2.47. The molecule has 0 bridgehead atoms. The molecular formula is C21H23N5O2. The van der Waals surface area contributed by atoms with Gasteiger partial charge in [-0.3, -0.25) is 19.9 Å². The van der Waals surface area contributed by atoms with Gasteiger partial charge in [0.15, 0.2) is 0 Å². The van der Waals surface area contributed by atoms with Gasteiger partial charge in [0.25, 0.3) is 0 Å². The molecule has 3 amide bonds. The lowest BCUT2D eigenvalue weighted by atomic mass is 10.1. The maximum Gasteiger partial charge on any atom is 0.325 e. The summed E-state index contributed by atoms with van der Waals surface area (Å²) < 4.78 is 0. The topological polar surface area (TPSA) is 88.5 Å². The van der Waals surface area contributed by atoms with Crippen molar-refractivity contribution in [1.29, 1.82) is 5.26 Å². The van der Waals surface area contributed by atoms with Gasteiger partial charge < -0.3 is 5.32 Å². The second-order valence-electron chi connectivity index (χ2n) is 6.73. The number of anilines is 1. The molecule has 2 aromatic rings. The molecule has 0 aliphatic carbocycles. The van der Waals surface area contributed by atoms with Crippen LogP contribution in [0.3, 0.4) is 0 Å². The normalized spacial score (nSPS) is 14.8. The lowest BCUT2D eigenvalue weighted by molar-refractivity contribution is -0.121. The molecule has 1 saturated heterocycles. The number of urea groups is 1. The van der Waals surface area contributed by atoms with Crippen molar-refractivity contribution in [3.05, 3.63) is 65.7 Å². The van der Waals surface area contributed by atoms with Crippen molar-refractivity contribution in [3.63, 3.8) is 0 Å². The molecule has 1 aliphatic rings. The van der Waals surface area contributed by atoms with E-state index < -0.39 is 6.03 Å². The summed E-state index contributed by atoms with van der Waals surface area (Å²) in [6.07, 6.45) is 0. The number of hydrogen-bond donors (Lipinski definition) is 2. The Kier molecular flexibility index (Phi) is 6.73. The highest BCUT2D eigenvalue weighted by atomic mass is 16.2. The van der Waals surface area contributed by atoms with Crippen molar-refractivity contribution in [2.24, 2.45) is 0 Å². The van der Waals surface area contributed by atoms with Crippen LogP contribution in [0, 0.1) is 11.3 Å². The molecule has 0 saturated carbocycles. The van der Waals surface area contributed by atoms with Crippen LogP contribution in [0.1, 0.15) is 11.1 Å². The number of benzene rings is 2. The number of carbonyl (C=O) groups is 2. The van der Waals surface area contributed by atoms with Gasteiger partial charge in [-0.15, -0.1) is 0 Å². The largest absolute Gasteiger partial charge is 0.325 e. The first-order chi connectivity index (χ1) is 13.6. The van der Waals surface area contributed by atoms with Gasteiger partial charge in [0.05, 0.1) is 18.2 Å². The summed E-state index contributed by atoms with van der Waals surface area (Å²) in [5.74, 6) is -0.311. The number of rotatable bonds is 5. The summed E-state index contributed by atoms with van der Waals surface area (Å²) in [6.45, 7) is 4.26. The quantitative estimate of drug-likeness (QED) is 0.832. The Morgan fingerprint density at radius 3 is 2.21 bits per heavy atom. The highest BCUT2D eigenvalue weighted by Crippen LogP contribution is 2.10. The van der Waals surface area contributed by atoms with Gasteiger partial charge in [0.2, 0.25) is 5.91 Å². The molecule has 7 nitrogen and oxygen atoms in total. The Balaban J connectivity index is 1.38. The van der Waals surface area contributed by atoms with Crippen LogP contribution < -0.4 is 10.6 Å². The van der Waals surface area contributed by atoms with Crippen LogP contribution in [0.15, 0.2) is 54.6 Å². The molecule has 144 valence electrons. The van der Waals surface area contributed by atoms with Crippen molar-refractivity contribution in [3.8, 4) is 6.07 Å².